The van der Waals surface area contributed by atoms with E-state index in [1.165, 1.54) is 6.07 Å². The Kier molecular flexibility index (Phi) is 4.25. The number of nitrogens with zero attached hydrogens (tertiary/aromatic N) is 3. The normalized spacial score (nSPS) is 33.5. The molecule has 4 bridgehead atoms. The van der Waals surface area contributed by atoms with E-state index < -0.39 is 14.5 Å². The number of ketones is 1. The molecule has 0 N–H and O–H groups in total. The van der Waals surface area contributed by atoms with Crippen LogP contribution in [0.2, 0.25) is 0 Å². The van der Waals surface area contributed by atoms with E-state index in [1.54, 1.807) is 18.6 Å². The third-order valence-corrected chi connectivity index (χ3v) is 8.92. The number of rotatable bonds is 5. The standard InChI is InChI=1S/C22H23ClFN3O3S/c23-31(29,30)12-27-14-4-13-5-15(27)9-22(7-13,8-14)20(28)6-18-21-16(2-1-3-17(21)24)19-10-25-11-26(18)19/h1-3,10-11,13-15,18H,4-9,12H2. The number of carbonyl (C=O) groups excluding carboxylic acids is 1. The number of aromatic nitrogens is 2. The number of carbonyl (C=O) groups is 1. The first kappa shape index (κ1) is 19.9. The number of imidazole rings is 1. The number of piperidine rings is 2. The van der Waals surface area contributed by atoms with Gasteiger partial charge in [0.15, 0.2) is 0 Å². The Morgan fingerprint density at radius 1 is 1.23 bits per heavy atom. The van der Waals surface area contributed by atoms with Crippen LogP contribution in [0.15, 0.2) is 30.7 Å². The molecule has 3 atom stereocenters. The van der Waals surface area contributed by atoms with Crippen molar-refractivity contribution in [1.29, 1.82) is 0 Å². The summed E-state index contributed by atoms with van der Waals surface area (Å²) in [6, 6.07) is 4.78. The van der Waals surface area contributed by atoms with Crippen molar-refractivity contribution in [2.45, 2.75) is 56.7 Å². The van der Waals surface area contributed by atoms with Crippen molar-refractivity contribution in [3.63, 3.8) is 0 Å². The maximum atomic E-state index is 14.8. The Bertz CT molecular complexity index is 1180. The Balaban J connectivity index is 1.30. The predicted octanol–water partition coefficient (Wildman–Crippen LogP) is 3.71. The lowest BCUT2D eigenvalue weighted by molar-refractivity contribution is -0.151. The monoisotopic (exact) mass is 463 g/mol. The number of fused-ring (bicyclic) bond motifs is 3. The van der Waals surface area contributed by atoms with E-state index in [9.17, 15) is 17.6 Å². The predicted molar refractivity (Wildman–Crippen MR) is 113 cm³/mol. The number of Topliss-reactive ketones (excluding diaryl/α,β-unsaturated/α-hetero) is 1. The van der Waals surface area contributed by atoms with Crippen molar-refractivity contribution in [3.05, 3.63) is 42.1 Å². The highest BCUT2D eigenvalue weighted by Crippen LogP contribution is 2.58. The van der Waals surface area contributed by atoms with Gasteiger partial charge in [-0.1, -0.05) is 12.1 Å². The summed E-state index contributed by atoms with van der Waals surface area (Å²) in [4.78, 5) is 20.0. The van der Waals surface area contributed by atoms with Gasteiger partial charge < -0.3 is 4.57 Å². The van der Waals surface area contributed by atoms with Gasteiger partial charge in [0.1, 0.15) is 17.5 Å². The van der Waals surface area contributed by atoms with Crippen LogP contribution in [-0.4, -0.2) is 46.6 Å². The van der Waals surface area contributed by atoms with Gasteiger partial charge in [-0.15, -0.1) is 0 Å². The van der Waals surface area contributed by atoms with Gasteiger partial charge in [-0.05, 0) is 44.1 Å². The summed E-state index contributed by atoms with van der Waals surface area (Å²) in [6.45, 7) is 0. The fraction of sp³-hybridized carbons (Fsp3) is 0.545. The van der Waals surface area contributed by atoms with E-state index in [4.69, 9.17) is 10.7 Å². The molecule has 5 aliphatic rings. The smallest absolute Gasteiger partial charge is 0.245 e. The lowest BCUT2D eigenvalue weighted by atomic mass is 9.53. The number of benzene rings is 1. The van der Waals surface area contributed by atoms with Crippen LogP contribution in [0.1, 0.15) is 50.1 Å². The molecule has 4 fully saturated rings. The third-order valence-electron chi connectivity index (χ3n) is 8.02. The highest BCUT2D eigenvalue weighted by molar-refractivity contribution is 8.13. The van der Waals surface area contributed by atoms with Crippen molar-refractivity contribution in [1.82, 2.24) is 14.5 Å². The summed E-state index contributed by atoms with van der Waals surface area (Å²) in [5.74, 6) is 0.164. The molecule has 3 aliphatic heterocycles. The van der Waals surface area contributed by atoms with Crippen LogP contribution in [0.3, 0.4) is 0 Å². The fourth-order valence-corrected chi connectivity index (χ4v) is 8.15. The zero-order chi connectivity index (χ0) is 21.5. The Labute approximate surface area is 184 Å². The maximum Gasteiger partial charge on any atom is 0.245 e. The Morgan fingerprint density at radius 2 is 1.97 bits per heavy atom. The zero-order valence-corrected chi connectivity index (χ0v) is 18.4. The van der Waals surface area contributed by atoms with E-state index in [-0.39, 0.29) is 42.0 Å². The molecule has 9 heteroatoms. The molecule has 164 valence electrons. The van der Waals surface area contributed by atoms with Gasteiger partial charge in [-0.3, -0.25) is 9.69 Å². The number of hydrogen-bond donors (Lipinski definition) is 0. The molecular formula is C22H23ClFN3O3S. The lowest BCUT2D eigenvalue weighted by Gasteiger charge is -2.60. The van der Waals surface area contributed by atoms with Gasteiger partial charge in [0.2, 0.25) is 9.05 Å². The molecule has 7 rings (SSSR count). The first-order valence-electron chi connectivity index (χ1n) is 10.8. The second-order valence-electron chi connectivity index (χ2n) is 9.75. The molecule has 3 unspecified atom stereocenters. The first-order chi connectivity index (χ1) is 14.7. The maximum absolute atomic E-state index is 14.8. The molecule has 4 heterocycles. The molecule has 2 saturated carbocycles. The van der Waals surface area contributed by atoms with E-state index in [1.807, 2.05) is 15.5 Å². The van der Waals surface area contributed by atoms with Gasteiger partial charge in [0.05, 0.1) is 24.3 Å². The van der Waals surface area contributed by atoms with Crippen LogP contribution < -0.4 is 0 Å². The van der Waals surface area contributed by atoms with Gasteiger partial charge in [-0.25, -0.2) is 17.8 Å². The molecule has 1 aromatic carbocycles. The zero-order valence-electron chi connectivity index (χ0n) is 16.9. The minimum absolute atomic E-state index is 0.0696. The average molecular weight is 464 g/mol. The summed E-state index contributed by atoms with van der Waals surface area (Å²) in [6.07, 6.45) is 7.66. The minimum atomic E-state index is -3.63. The van der Waals surface area contributed by atoms with Gasteiger partial charge in [-0.2, -0.15) is 0 Å². The molecule has 2 aliphatic carbocycles. The van der Waals surface area contributed by atoms with Crippen LogP contribution in [-0.2, 0) is 13.8 Å². The van der Waals surface area contributed by atoms with Crippen LogP contribution >= 0.6 is 10.7 Å². The summed E-state index contributed by atoms with van der Waals surface area (Å²) < 4.78 is 40.1. The molecule has 31 heavy (non-hydrogen) atoms. The molecule has 0 amide bonds. The molecule has 2 aromatic rings. The van der Waals surface area contributed by atoms with Gasteiger partial charge >= 0.3 is 0 Å². The topological polar surface area (TPSA) is 72.3 Å². The summed E-state index contributed by atoms with van der Waals surface area (Å²) in [7, 11) is 1.92. The highest BCUT2D eigenvalue weighted by atomic mass is 35.7. The molecule has 2 saturated heterocycles. The fourth-order valence-electron chi connectivity index (χ4n) is 7.03. The number of hydrogen-bond acceptors (Lipinski definition) is 5. The van der Waals surface area contributed by atoms with Gasteiger partial charge in [0, 0.05) is 45.7 Å². The summed E-state index contributed by atoms with van der Waals surface area (Å²) >= 11 is 0. The van der Waals surface area contributed by atoms with Crippen LogP contribution in [0, 0.1) is 17.2 Å². The van der Waals surface area contributed by atoms with Crippen LogP contribution in [0.25, 0.3) is 11.3 Å². The molecule has 1 aromatic heterocycles. The Morgan fingerprint density at radius 3 is 2.68 bits per heavy atom. The van der Waals surface area contributed by atoms with E-state index in [2.05, 4.69) is 4.98 Å². The van der Waals surface area contributed by atoms with Crippen LogP contribution in [0.5, 0.6) is 0 Å². The average Bonchev–Trinajstić information content (AvgIpc) is 3.27. The van der Waals surface area contributed by atoms with Crippen molar-refractivity contribution in [2.75, 3.05) is 5.88 Å². The van der Waals surface area contributed by atoms with E-state index in [0.29, 0.717) is 24.3 Å². The second-order valence-corrected chi connectivity index (χ2v) is 12.5. The first-order valence-corrected chi connectivity index (χ1v) is 13.2. The Hall–Kier alpha value is -1.77. The minimum Gasteiger partial charge on any atom is -0.322 e. The summed E-state index contributed by atoms with van der Waals surface area (Å²) in [5.41, 5.74) is 1.78. The third kappa shape index (κ3) is 3.02. The molecule has 0 radical (unpaired) electrons. The van der Waals surface area contributed by atoms with E-state index >= 15 is 0 Å². The second kappa shape index (κ2) is 6.62. The highest BCUT2D eigenvalue weighted by Gasteiger charge is 2.58. The van der Waals surface area contributed by atoms with E-state index in [0.717, 1.165) is 30.5 Å². The quantitative estimate of drug-likeness (QED) is 0.632. The molecular weight excluding hydrogens is 441 g/mol. The molecule has 6 nitrogen and oxygen atoms in total. The number of halogens is 2. The van der Waals surface area contributed by atoms with Crippen LogP contribution in [0.4, 0.5) is 4.39 Å². The van der Waals surface area contributed by atoms with Crippen molar-refractivity contribution >= 4 is 25.5 Å². The lowest BCUT2D eigenvalue weighted by Crippen LogP contribution is -2.64. The SMILES string of the molecule is O=C(CC1c2c(F)cccc2-c2cncn21)C12CC3CC(C1)N(CS(=O)(=O)Cl)C(C3)C2. The van der Waals surface area contributed by atoms with Crippen molar-refractivity contribution in [3.8, 4) is 11.3 Å². The summed E-state index contributed by atoms with van der Waals surface area (Å²) in [5, 5.41) is 0. The van der Waals surface area contributed by atoms with Gasteiger partial charge in [0.25, 0.3) is 0 Å². The largest absolute Gasteiger partial charge is 0.322 e. The van der Waals surface area contributed by atoms with Crippen molar-refractivity contribution < 1.29 is 17.6 Å². The van der Waals surface area contributed by atoms with Crippen molar-refractivity contribution in [2.24, 2.45) is 11.3 Å². The molecule has 0 spiro atoms.